The largest absolute Gasteiger partial charge is 0.249 e. The normalized spacial score (nSPS) is 14.2. The number of H-pyrrole nitrogens is 1. The van der Waals surface area contributed by atoms with E-state index in [1.54, 1.807) is 0 Å². The average Bonchev–Trinajstić information content (AvgIpc) is 3.54. The summed E-state index contributed by atoms with van der Waals surface area (Å²) in [6, 6.07) is 16.7. The van der Waals surface area contributed by atoms with Gasteiger partial charge in [0.1, 0.15) is 5.82 Å². The highest BCUT2D eigenvalue weighted by molar-refractivity contribution is 5.80. The van der Waals surface area contributed by atoms with Crippen molar-refractivity contribution in [3.63, 3.8) is 0 Å². The number of benzene rings is 2. The van der Waals surface area contributed by atoms with Gasteiger partial charge in [0.25, 0.3) is 0 Å². The molecule has 0 atom stereocenters. The van der Waals surface area contributed by atoms with Gasteiger partial charge >= 0.3 is 0 Å². The van der Waals surface area contributed by atoms with E-state index in [1.165, 1.54) is 37.7 Å². The van der Waals surface area contributed by atoms with Crippen LogP contribution >= 0.6 is 0 Å². The fraction of sp³-hybridized carbons (Fsp3) is 0.370. The van der Waals surface area contributed by atoms with Gasteiger partial charge in [-0.3, -0.25) is 0 Å². The van der Waals surface area contributed by atoms with Crippen molar-refractivity contribution < 1.29 is 0 Å². The number of aryl methyl sites for hydroxylation is 1. The molecule has 0 aliphatic heterocycles. The summed E-state index contributed by atoms with van der Waals surface area (Å²) in [6.07, 6.45) is 14.5. The molecule has 1 aliphatic rings. The lowest BCUT2D eigenvalue weighted by atomic mass is 9.87. The van der Waals surface area contributed by atoms with Gasteiger partial charge in [0.05, 0.1) is 6.54 Å². The van der Waals surface area contributed by atoms with Crippen LogP contribution < -0.4 is 0 Å². The van der Waals surface area contributed by atoms with E-state index in [0.717, 1.165) is 41.2 Å². The molecular formula is C27H29N7. The second-order valence-corrected chi connectivity index (χ2v) is 8.98. The van der Waals surface area contributed by atoms with Crippen LogP contribution in [-0.2, 0) is 19.4 Å². The lowest BCUT2D eigenvalue weighted by Gasteiger charge is -2.19. The van der Waals surface area contributed by atoms with Crippen LogP contribution in [0.5, 0.6) is 0 Å². The Labute approximate surface area is 200 Å². The summed E-state index contributed by atoms with van der Waals surface area (Å²) in [7, 11) is 0. The lowest BCUT2D eigenvalue weighted by Crippen LogP contribution is -2.10. The van der Waals surface area contributed by atoms with Crippen LogP contribution in [0.3, 0.4) is 0 Å². The summed E-state index contributed by atoms with van der Waals surface area (Å²) in [5, 5.41) is 19.4. The van der Waals surface area contributed by atoms with Gasteiger partial charge in [-0.15, -0.1) is 22.5 Å². The third-order valence-electron chi connectivity index (χ3n) is 6.60. The van der Waals surface area contributed by atoms with Crippen molar-refractivity contribution in [2.45, 2.75) is 57.9 Å². The van der Waals surface area contributed by atoms with Crippen LogP contribution in [0.15, 0.2) is 48.5 Å². The number of hydrogen-bond acceptors (Lipinski definition) is 5. The minimum absolute atomic E-state index is 0.590. The highest BCUT2D eigenvalue weighted by atomic mass is 15.5. The zero-order valence-corrected chi connectivity index (χ0v) is 19.3. The molecule has 0 saturated heterocycles. The topological polar surface area (TPSA) is 85.2 Å². The summed E-state index contributed by atoms with van der Waals surface area (Å²) < 4.78 is 2.01. The van der Waals surface area contributed by atoms with Gasteiger partial charge in [-0.05, 0) is 27.8 Å². The third kappa shape index (κ3) is 5.07. The molecule has 7 nitrogen and oxygen atoms in total. The minimum atomic E-state index is 0.590. The molecule has 1 aliphatic carbocycles. The summed E-state index contributed by atoms with van der Waals surface area (Å²) in [4.78, 5) is 4.94. The first-order valence-electron chi connectivity index (χ1n) is 12.1. The molecule has 1 N–H and O–H groups in total. The first-order valence-corrected chi connectivity index (χ1v) is 12.1. The monoisotopic (exact) mass is 451 g/mol. The van der Waals surface area contributed by atoms with Crippen molar-refractivity contribution in [3.8, 4) is 34.9 Å². The van der Waals surface area contributed by atoms with E-state index in [-0.39, 0.29) is 0 Å². The molecule has 0 unspecified atom stereocenters. The Morgan fingerprint density at radius 1 is 1.00 bits per heavy atom. The zero-order chi connectivity index (χ0) is 23.2. The van der Waals surface area contributed by atoms with Crippen molar-refractivity contribution >= 4 is 0 Å². The quantitative estimate of drug-likeness (QED) is 0.387. The Bertz CT molecular complexity index is 1240. The standard InChI is InChI=1S/C27H29N7/c1-2-3-17-34-26(28-25(31-34)18-20-9-5-4-6-10-20)19-21-13-15-22(16-14-21)23-11-7-8-12-24(23)27-29-32-33-30-27/h1,7-8,11-16,20H,3-6,9-10,17-19H2,(H,29,30,32,33). The maximum absolute atomic E-state index is 5.53. The molecule has 0 bridgehead atoms. The summed E-state index contributed by atoms with van der Waals surface area (Å²) in [6.45, 7) is 0.708. The maximum Gasteiger partial charge on any atom is 0.205 e. The van der Waals surface area contributed by atoms with Gasteiger partial charge in [-0.25, -0.2) is 9.67 Å². The number of nitrogens with one attached hydrogen (secondary N) is 1. The van der Waals surface area contributed by atoms with E-state index in [4.69, 9.17) is 16.5 Å². The molecule has 34 heavy (non-hydrogen) atoms. The molecule has 0 amide bonds. The van der Waals surface area contributed by atoms with E-state index in [1.807, 2.05) is 22.9 Å². The number of aromatic amines is 1. The Hall–Kier alpha value is -3.79. The first kappa shape index (κ1) is 22.0. The zero-order valence-electron chi connectivity index (χ0n) is 19.3. The van der Waals surface area contributed by atoms with Crippen molar-refractivity contribution in [1.82, 2.24) is 35.4 Å². The summed E-state index contributed by atoms with van der Waals surface area (Å²) >= 11 is 0. The molecule has 0 radical (unpaired) electrons. The molecule has 2 heterocycles. The van der Waals surface area contributed by atoms with Gasteiger partial charge in [0, 0.05) is 24.8 Å². The molecule has 5 rings (SSSR count). The number of hydrogen-bond donors (Lipinski definition) is 1. The Morgan fingerprint density at radius 2 is 1.79 bits per heavy atom. The van der Waals surface area contributed by atoms with Crippen LogP contribution in [0, 0.1) is 18.3 Å². The maximum atomic E-state index is 5.53. The predicted molar refractivity (Wildman–Crippen MR) is 132 cm³/mol. The number of tetrazole rings is 1. The highest BCUT2D eigenvalue weighted by Crippen LogP contribution is 2.30. The van der Waals surface area contributed by atoms with E-state index in [2.05, 4.69) is 56.9 Å². The molecule has 172 valence electrons. The minimum Gasteiger partial charge on any atom is -0.249 e. The van der Waals surface area contributed by atoms with Gasteiger partial charge in [0.2, 0.25) is 5.82 Å². The Balaban J connectivity index is 1.35. The first-order chi connectivity index (χ1) is 16.8. The number of terminal acetylenes is 1. The number of nitrogens with zero attached hydrogens (tertiary/aromatic N) is 6. The number of aromatic nitrogens is 7. The van der Waals surface area contributed by atoms with Crippen LogP contribution in [0.4, 0.5) is 0 Å². The smallest absolute Gasteiger partial charge is 0.205 e. The SMILES string of the molecule is C#CCCn1nc(CC2CCCCC2)nc1Cc1ccc(-c2ccccc2-c2nn[nH]n2)cc1. The predicted octanol–water partition coefficient (Wildman–Crippen LogP) is 4.86. The van der Waals surface area contributed by atoms with E-state index in [0.29, 0.717) is 24.7 Å². The van der Waals surface area contributed by atoms with E-state index < -0.39 is 0 Å². The van der Waals surface area contributed by atoms with Crippen LogP contribution in [0.2, 0.25) is 0 Å². The second-order valence-electron chi connectivity index (χ2n) is 8.98. The van der Waals surface area contributed by atoms with Crippen molar-refractivity contribution in [2.24, 2.45) is 5.92 Å². The molecule has 1 saturated carbocycles. The third-order valence-corrected chi connectivity index (χ3v) is 6.60. The van der Waals surface area contributed by atoms with Gasteiger partial charge in [0.15, 0.2) is 5.82 Å². The summed E-state index contributed by atoms with van der Waals surface area (Å²) in [5.74, 6) is 5.99. The Morgan fingerprint density at radius 3 is 2.53 bits per heavy atom. The number of rotatable bonds is 8. The van der Waals surface area contributed by atoms with Crippen molar-refractivity contribution in [1.29, 1.82) is 0 Å². The Kier molecular flexibility index (Phi) is 6.76. The fourth-order valence-corrected chi connectivity index (χ4v) is 4.83. The summed E-state index contributed by atoms with van der Waals surface area (Å²) in [5.41, 5.74) is 4.32. The van der Waals surface area contributed by atoms with Crippen LogP contribution in [0.25, 0.3) is 22.5 Å². The average molecular weight is 452 g/mol. The highest BCUT2D eigenvalue weighted by Gasteiger charge is 2.18. The molecule has 2 aromatic heterocycles. The molecule has 7 heteroatoms. The lowest BCUT2D eigenvalue weighted by molar-refractivity contribution is 0.351. The van der Waals surface area contributed by atoms with E-state index >= 15 is 0 Å². The molecule has 1 fully saturated rings. The fourth-order valence-electron chi connectivity index (χ4n) is 4.83. The molecule has 0 spiro atoms. The molecule has 4 aromatic rings. The van der Waals surface area contributed by atoms with Crippen molar-refractivity contribution in [2.75, 3.05) is 0 Å². The van der Waals surface area contributed by atoms with Crippen molar-refractivity contribution in [3.05, 3.63) is 65.7 Å². The van der Waals surface area contributed by atoms with Crippen LogP contribution in [-0.4, -0.2) is 35.4 Å². The van der Waals surface area contributed by atoms with Gasteiger partial charge in [-0.1, -0.05) is 80.6 Å². The van der Waals surface area contributed by atoms with Gasteiger partial charge in [-0.2, -0.15) is 10.3 Å². The van der Waals surface area contributed by atoms with Crippen LogP contribution in [0.1, 0.15) is 55.7 Å². The molecule has 2 aromatic carbocycles. The molecular weight excluding hydrogens is 422 g/mol. The van der Waals surface area contributed by atoms with Gasteiger partial charge < -0.3 is 0 Å². The van der Waals surface area contributed by atoms with E-state index in [9.17, 15) is 0 Å². The second kappa shape index (κ2) is 10.4.